The molecule has 0 aliphatic rings. The minimum atomic E-state index is -0.0529. The number of methoxy groups -OCH3 is 1. The van der Waals surface area contributed by atoms with Crippen molar-refractivity contribution < 1.29 is 4.74 Å². The highest BCUT2D eigenvalue weighted by molar-refractivity contribution is 5.29. The predicted molar refractivity (Wildman–Crippen MR) is 92.0 cm³/mol. The fraction of sp³-hybridized carbons (Fsp3) is 0.684. The van der Waals surface area contributed by atoms with Gasteiger partial charge in [0.15, 0.2) is 0 Å². The Morgan fingerprint density at radius 2 is 1.71 bits per heavy atom. The van der Waals surface area contributed by atoms with Crippen LogP contribution in [-0.2, 0) is 4.74 Å². The molecule has 1 aromatic carbocycles. The van der Waals surface area contributed by atoms with Gasteiger partial charge in [-0.15, -0.1) is 0 Å². The van der Waals surface area contributed by atoms with Crippen LogP contribution in [-0.4, -0.2) is 24.8 Å². The highest BCUT2D eigenvalue weighted by Crippen LogP contribution is 2.28. The third-order valence-electron chi connectivity index (χ3n) is 4.15. The summed E-state index contributed by atoms with van der Waals surface area (Å²) in [5.74, 6) is 0.528. The second-order valence-electron chi connectivity index (χ2n) is 7.69. The van der Waals surface area contributed by atoms with E-state index < -0.39 is 0 Å². The highest BCUT2D eigenvalue weighted by Gasteiger charge is 2.22. The van der Waals surface area contributed by atoms with Crippen LogP contribution in [0.15, 0.2) is 24.3 Å². The number of rotatable bonds is 7. The number of ether oxygens (including phenoxy) is 1. The van der Waals surface area contributed by atoms with Crippen molar-refractivity contribution in [2.75, 3.05) is 13.7 Å². The molecule has 0 radical (unpaired) electrons. The molecule has 2 nitrogen and oxygen atoms in total. The van der Waals surface area contributed by atoms with Crippen LogP contribution < -0.4 is 5.32 Å². The van der Waals surface area contributed by atoms with Gasteiger partial charge >= 0.3 is 0 Å². The fourth-order valence-electron chi connectivity index (χ4n) is 2.47. The molecule has 21 heavy (non-hydrogen) atoms. The molecule has 2 heteroatoms. The number of aryl methyl sites for hydroxylation is 1. The standard InChI is InChI=1S/C19H33NO/c1-15-10-8-9-11-17(15)16(14-20-18(2,3)4)12-13-19(5,6)21-7/h8-11,16,20H,12-14H2,1-7H3. The second-order valence-corrected chi connectivity index (χ2v) is 7.69. The van der Waals surface area contributed by atoms with Crippen LogP contribution in [0.25, 0.3) is 0 Å². The number of benzene rings is 1. The molecule has 0 saturated heterocycles. The van der Waals surface area contributed by atoms with E-state index in [1.807, 2.05) is 0 Å². The Morgan fingerprint density at radius 1 is 1.10 bits per heavy atom. The lowest BCUT2D eigenvalue weighted by atomic mass is 9.87. The molecule has 0 aliphatic heterocycles. The molecule has 0 amide bonds. The summed E-state index contributed by atoms with van der Waals surface area (Å²) in [5.41, 5.74) is 2.94. The molecule has 1 rings (SSSR count). The lowest BCUT2D eigenvalue weighted by Gasteiger charge is -2.29. The molecular weight excluding hydrogens is 258 g/mol. The van der Waals surface area contributed by atoms with Crippen molar-refractivity contribution >= 4 is 0 Å². The highest BCUT2D eigenvalue weighted by atomic mass is 16.5. The molecule has 0 fully saturated rings. The lowest BCUT2D eigenvalue weighted by molar-refractivity contribution is 0.0123. The first-order valence-electron chi connectivity index (χ1n) is 8.00. The zero-order valence-electron chi connectivity index (χ0n) is 14.9. The minimum absolute atomic E-state index is 0.0529. The van der Waals surface area contributed by atoms with Crippen LogP contribution in [0.1, 0.15) is 64.5 Å². The van der Waals surface area contributed by atoms with Crippen molar-refractivity contribution in [3.63, 3.8) is 0 Å². The van der Waals surface area contributed by atoms with E-state index in [2.05, 4.69) is 71.1 Å². The van der Waals surface area contributed by atoms with E-state index in [9.17, 15) is 0 Å². The first kappa shape index (κ1) is 18.2. The largest absolute Gasteiger partial charge is 0.379 e. The summed E-state index contributed by atoms with van der Waals surface area (Å²) >= 11 is 0. The third kappa shape index (κ3) is 6.62. The normalized spacial score (nSPS) is 14.2. The molecule has 1 atom stereocenters. The van der Waals surface area contributed by atoms with Crippen LogP contribution in [0, 0.1) is 6.92 Å². The van der Waals surface area contributed by atoms with E-state index in [0.717, 1.165) is 19.4 Å². The molecule has 1 N–H and O–H groups in total. The molecule has 0 bridgehead atoms. The average molecular weight is 291 g/mol. The van der Waals surface area contributed by atoms with Gasteiger partial charge in [0.1, 0.15) is 0 Å². The first-order chi connectivity index (χ1) is 9.64. The van der Waals surface area contributed by atoms with Gasteiger partial charge in [0.2, 0.25) is 0 Å². The predicted octanol–water partition coefficient (Wildman–Crippen LogP) is 4.67. The van der Waals surface area contributed by atoms with Gasteiger partial charge in [-0.3, -0.25) is 0 Å². The van der Waals surface area contributed by atoms with Crippen molar-refractivity contribution in [1.82, 2.24) is 5.32 Å². The summed E-state index contributed by atoms with van der Waals surface area (Å²) in [5, 5.41) is 3.66. The molecule has 0 aromatic heterocycles. The maximum atomic E-state index is 5.58. The van der Waals surface area contributed by atoms with Crippen LogP contribution >= 0.6 is 0 Å². The Labute approximate surface area is 131 Å². The van der Waals surface area contributed by atoms with E-state index in [-0.39, 0.29) is 11.1 Å². The van der Waals surface area contributed by atoms with E-state index >= 15 is 0 Å². The summed E-state index contributed by atoms with van der Waals surface area (Å²) in [4.78, 5) is 0. The summed E-state index contributed by atoms with van der Waals surface area (Å²) in [7, 11) is 1.80. The zero-order chi connectivity index (χ0) is 16.1. The van der Waals surface area contributed by atoms with E-state index in [0.29, 0.717) is 5.92 Å². The average Bonchev–Trinajstić information content (AvgIpc) is 2.39. The molecule has 0 spiro atoms. The Hall–Kier alpha value is -0.860. The van der Waals surface area contributed by atoms with Crippen molar-refractivity contribution in [2.24, 2.45) is 0 Å². The van der Waals surface area contributed by atoms with Crippen LogP contribution in [0.5, 0.6) is 0 Å². The van der Waals surface area contributed by atoms with Gasteiger partial charge in [0.25, 0.3) is 0 Å². The van der Waals surface area contributed by atoms with Gasteiger partial charge < -0.3 is 10.1 Å². The third-order valence-corrected chi connectivity index (χ3v) is 4.15. The molecular formula is C19H33NO. The van der Waals surface area contributed by atoms with Crippen LogP contribution in [0.3, 0.4) is 0 Å². The molecule has 0 heterocycles. The first-order valence-corrected chi connectivity index (χ1v) is 8.00. The van der Waals surface area contributed by atoms with E-state index in [1.165, 1.54) is 11.1 Å². The molecule has 0 aliphatic carbocycles. The summed E-state index contributed by atoms with van der Waals surface area (Å²) < 4.78 is 5.58. The Balaban J connectivity index is 2.83. The summed E-state index contributed by atoms with van der Waals surface area (Å²) in [6.45, 7) is 14.2. The monoisotopic (exact) mass is 291 g/mol. The van der Waals surface area contributed by atoms with Crippen molar-refractivity contribution in [1.29, 1.82) is 0 Å². The molecule has 1 aromatic rings. The Bertz CT molecular complexity index is 431. The number of hydrogen-bond acceptors (Lipinski definition) is 2. The maximum Gasteiger partial charge on any atom is 0.0623 e. The van der Waals surface area contributed by atoms with Gasteiger partial charge in [-0.25, -0.2) is 0 Å². The quantitative estimate of drug-likeness (QED) is 0.788. The smallest absolute Gasteiger partial charge is 0.0623 e. The zero-order valence-corrected chi connectivity index (χ0v) is 14.9. The fourth-order valence-corrected chi connectivity index (χ4v) is 2.47. The summed E-state index contributed by atoms with van der Waals surface area (Å²) in [6, 6.07) is 8.74. The molecule has 0 saturated carbocycles. The van der Waals surface area contributed by atoms with Gasteiger partial charge in [0.05, 0.1) is 5.60 Å². The topological polar surface area (TPSA) is 21.3 Å². The maximum absolute atomic E-state index is 5.58. The van der Waals surface area contributed by atoms with Crippen molar-refractivity contribution in [2.45, 2.75) is 71.4 Å². The van der Waals surface area contributed by atoms with Gasteiger partial charge in [-0.2, -0.15) is 0 Å². The Kier molecular flexibility index (Phi) is 6.42. The van der Waals surface area contributed by atoms with Gasteiger partial charge in [-0.05, 0) is 71.4 Å². The lowest BCUT2D eigenvalue weighted by Crippen LogP contribution is -2.39. The van der Waals surface area contributed by atoms with Gasteiger partial charge in [-0.1, -0.05) is 24.3 Å². The minimum Gasteiger partial charge on any atom is -0.379 e. The van der Waals surface area contributed by atoms with E-state index in [4.69, 9.17) is 4.74 Å². The van der Waals surface area contributed by atoms with Crippen LogP contribution in [0.4, 0.5) is 0 Å². The van der Waals surface area contributed by atoms with Crippen LogP contribution in [0.2, 0.25) is 0 Å². The second kappa shape index (κ2) is 7.42. The SMILES string of the molecule is COC(C)(C)CCC(CNC(C)(C)C)c1ccccc1C. The summed E-state index contributed by atoms with van der Waals surface area (Å²) in [6.07, 6.45) is 2.20. The van der Waals surface area contributed by atoms with Crippen molar-refractivity contribution in [3.8, 4) is 0 Å². The molecule has 1 unspecified atom stereocenters. The number of nitrogens with one attached hydrogen (secondary N) is 1. The van der Waals surface area contributed by atoms with Crippen molar-refractivity contribution in [3.05, 3.63) is 35.4 Å². The number of hydrogen-bond donors (Lipinski definition) is 1. The Morgan fingerprint density at radius 3 is 2.24 bits per heavy atom. The van der Waals surface area contributed by atoms with Gasteiger partial charge in [0, 0.05) is 19.2 Å². The van der Waals surface area contributed by atoms with E-state index in [1.54, 1.807) is 7.11 Å². The molecule has 120 valence electrons.